The number of piperidine rings is 5. The molecule has 6 amide bonds. The SMILES string of the molecule is CC(C)(C)OC(=O)N1CC2CC(=O)CC2C1.CC(C)(C)OC(=O)N1CC2CCN(S(=O)(=O)c3cccc4cnccc34)CC2C1.CC(C)(C)OC(=O)N1CC2CCNCC2C1.CC(C)(C)OC(=O)N1CC2CNC(=O)CC2C1.O=C1CC2CNCC2CN1.O=S(=O)(c1cccc2cnccc12)N1CCC2CNCC2C1. The highest BCUT2D eigenvalue weighted by molar-refractivity contribution is 7.89. The van der Waals surface area contributed by atoms with Crippen molar-refractivity contribution in [2.45, 2.75) is 160 Å². The van der Waals surface area contributed by atoms with E-state index in [9.17, 15) is 50.4 Å². The summed E-state index contributed by atoms with van der Waals surface area (Å²) in [6.07, 6.45) is 11.1. The number of aromatic nitrogens is 2. The molecule has 1 saturated carbocycles. The summed E-state index contributed by atoms with van der Waals surface area (Å²) in [5.41, 5.74) is -1.82. The third kappa shape index (κ3) is 21.9. The Labute approximate surface area is 649 Å². The number of sulfonamides is 2. The number of rotatable bonds is 4. The van der Waals surface area contributed by atoms with Gasteiger partial charge in [0.25, 0.3) is 0 Å². The van der Waals surface area contributed by atoms with Crippen molar-refractivity contribution in [3.05, 3.63) is 73.3 Å². The monoisotopic (exact) mass is 1570 g/mol. The maximum Gasteiger partial charge on any atom is 0.410 e. The molecule has 12 atom stereocenters. The number of carbonyl (C=O) groups is 7. The molecule has 110 heavy (non-hydrogen) atoms. The van der Waals surface area contributed by atoms with Gasteiger partial charge in [-0.05, 0) is 237 Å². The van der Waals surface area contributed by atoms with Crippen LogP contribution >= 0.6 is 0 Å². The highest BCUT2D eigenvalue weighted by Gasteiger charge is 2.47. The Morgan fingerprint density at radius 3 is 1.19 bits per heavy atom. The average Bonchev–Trinajstić information content (AvgIpc) is 0.820. The number of ketones is 1. The average molecular weight is 1570 g/mol. The number of pyridine rings is 2. The molecule has 13 heterocycles. The normalized spacial score (nSPS) is 28.0. The molecule has 5 N–H and O–H groups in total. The smallest absolute Gasteiger partial charge is 0.410 e. The molecule has 0 bridgehead atoms. The maximum atomic E-state index is 13.4. The van der Waals surface area contributed by atoms with Crippen molar-refractivity contribution in [3.8, 4) is 0 Å². The number of benzene rings is 2. The highest BCUT2D eigenvalue weighted by Crippen LogP contribution is 2.40. The number of nitrogens with zero attached hydrogens (tertiary/aromatic N) is 8. The quantitative estimate of drug-likeness (QED) is 0.120. The van der Waals surface area contributed by atoms with E-state index >= 15 is 0 Å². The first-order valence-corrected chi connectivity index (χ1v) is 42.5. The van der Waals surface area contributed by atoms with E-state index in [-0.39, 0.29) is 47.7 Å². The Hall–Kier alpha value is -7.35. The number of Topliss-reactive ketones (excluding diaryl/α,β-unsaturated/α-hetero) is 1. The van der Waals surface area contributed by atoms with Gasteiger partial charge >= 0.3 is 24.4 Å². The van der Waals surface area contributed by atoms with Crippen LogP contribution in [0.2, 0.25) is 0 Å². The van der Waals surface area contributed by atoms with Gasteiger partial charge in [-0.25, -0.2) is 36.0 Å². The van der Waals surface area contributed by atoms with Crippen LogP contribution in [0, 0.1) is 71.0 Å². The van der Waals surface area contributed by atoms with E-state index in [2.05, 4.69) is 36.6 Å². The molecule has 1 aliphatic carbocycles. The zero-order valence-electron chi connectivity index (χ0n) is 66.5. The first kappa shape index (κ1) is 83.6. The number of ether oxygens (including phenoxy) is 4. The van der Waals surface area contributed by atoms with Gasteiger partial charge in [0.05, 0.1) is 9.79 Å². The lowest BCUT2D eigenvalue weighted by atomic mass is 9.89. The fourth-order valence-corrected chi connectivity index (χ4v) is 20.8. The van der Waals surface area contributed by atoms with Crippen LogP contribution < -0.4 is 26.6 Å². The van der Waals surface area contributed by atoms with Crippen molar-refractivity contribution in [1.29, 1.82) is 0 Å². The van der Waals surface area contributed by atoms with E-state index in [1.54, 1.807) is 84.5 Å². The number of fused-ring (bicyclic) bond motifs is 8. The molecule has 28 nitrogen and oxygen atoms in total. The summed E-state index contributed by atoms with van der Waals surface area (Å²) in [6.45, 7) is 38.0. The molecule has 4 aromatic rings. The Morgan fingerprint density at radius 2 is 0.727 bits per heavy atom. The lowest BCUT2D eigenvalue weighted by Crippen LogP contribution is -2.43. The molecule has 11 saturated heterocycles. The molecule has 12 fully saturated rings. The number of amides is 6. The number of carbonyl (C=O) groups excluding carboxylic acids is 7. The summed E-state index contributed by atoms with van der Waals surface area (Å²) in [4.78, 5) is 97.3. The van der Waals surface area contributed by atoms with Gasteiger partial charge in [-0.1, -0.05) is 24.3 Å². The minimum Gasteiger partial charge on any atom is -0.444 e. The molecule has 0 radical (unpaired) electrons. The first-order chi connectivity index (χ1) is 51.8. The van der Waals surface area contributed by atoms with Crippen molar-refractivity contribution in [3.63, 3.8) is 0 Å². The topological polar surface area (TPSA) is 330 Å². The Balaban J connectivity index is 0.000000134. The van der Waals surface area contributed by atoms with E-state index in [1.165, 1.54) is 6.42 Å². The van der Waals surface area contributed by atoms with Crippen LogP contribution in [0.25, 0.3) is 21.5 Å². The fraction of sp³-hybridized carbons (Fsp3) is 0.688. The highest BCUT2D eigenvalue weighted by atomic mass is 32.2. The van der Waals surface area contributed by atoms with Crippen molar-refractivity contribution in [2.75, 3.05) is 131 Å². The van der Waals surface area contributed by atoms with Gasteiger partial charge in [-0.3, -0.25) is 24.4 Å². The third-order valence-corrected chi connectivity index (χ3v) is 26.7. The van der Waals surface area contributed by atoms with E-state index in [1.807, 2.05) is 100 Å². The second-order valence-corrected chi connectivity index (χ2v) is 39.8. The lowest BCUT2D eigenvalue weighted by molar-refractivity contribution is -0.124. The molecule has 0 spiro atoms. The molecule has 16 rings (SSSR count). The summed E-state index contributed by atoms with van der Waals surface area (Å²) in [5.74, 6) is 6.25. The minimum atomic E-state index is -3.62. The van der Waals surface area contributed by atoms with Gasteiger partial charge in [-0.2, -0.15) is 8.61 Å². The van der Waals surface area contributed by atoms with Crippen LogP contribution in [0.3, 0.4) is 0 Å². The lowest BCUT2D eigenvalue weighted by Gasteiger charge is -2.33. The molecule has 606 valence electrons. The van der Waals surface area contributed by atoms with Gasteiger partial charge in [0.2, 0.25) is 31.9 Å². The largest absolute Gasteiger partial charge is 0.444 e. The number of hydrogen-bond donors (Lipinski definition) is 5. The van der Waals surface area contributed by atoms with E-state index < -0.39 is 36.8 Å². The summed E-state index contributed by atoms with van der Waals surface area (Å²) < 4.78 is 77.7. The zero-order chi connectivity index (χ0) is 79.3. The zero-order valence-corrected chi connectivity index (χ0v) is 68.1. The van der Waals surface area contributed by atoms with Gasteiger partial charge < -0.3 is 65.1 Å². The Morgan fingerprint density at radius 1 is 0.382 bits per heavy atom. The van der Waals surface area contributed by atoms with Gasteiger partial charge in [0.1, 0.15) is 28.2 Å². The maximum absolute atomic E-state index is 13.4. The van der Waals surface area contributed by atoms with Crippen LogP contribution in [0.4, 0.5) is 19.2 Å². The van der Waals surface area contributed by atoms with Gasteiger partial charge in [0.15, 0.2) is 0 Å². The second kappa shape index (κ2) is 35.0. The molecule has 30 heteroatoms. The van der Waals surface area contributed by atoms with Crippen LogP contribution in [-0.2, 0) is 53.4 Å². The molecule has 2 aromatic carbocycles. The van der Waals surface area contributed by atoms with E-state index in [0.29, 0.717) is 177 Å². The van der Waals surface area contributed by atoms with Crippen molar-refractivity contribution >= 4 is 83.6 Å². The molecule has 11 aliphatic heterocycles. The number of likely N-dealkylation sites (tertiary alicyclic amines) is 4. The predicted molar refractivity (Wildman–Crippen MR) is 416 cm³/mol. The van der Waals surface area contributed by atoms with Crippen molar-refractivity contribution < 1.29 is 69.3 Å². The van der Waals surface area contributed by atoms with E-state index in [0.717, 1.165) is 94.3 Å². The first-order valence-electron chi connectivity index (χ1n) is 39.6. The van der Waals surface area contributed by atoms with E-state index in [4.69, 9.17) is 18.9 Å². The molecular weight excluding hydrogens is 1450 g/mol. The number of nitrogens with one attached hydrogen (secondary N) is 5. The van der Waals surface area contributed by atoms with Crippen LogP contribution in [0.15, 0.2) is 83.1 Å². The van der Waals surface area contributed by atoms with Crippen LogP contribution in [0.1, 0.15) is 128 Å². The second-order valence-electron chi connectivity index (χ2n) is 35.9. The van der Waals surface area contributed by atoms with Gasteiger partial charge in [0, 0.05) is 164 Å². The van der Waals surface area contributed by atoms with Crippen molar-refractivity contribution in [2.24, 2.45) is 71.0 Å². The van der Waals surface area contributed by atoms with Crippen molar-refractivity contribution in [1.82, 2.24) is 64.8 Å². The summed E-state index contributed by atoms with van der Waals surface area (Å²) in [7, 11) is -7.07. The van der Waals surface area contributed by atoms with Crippen LogP contribution in [-0.4, -0.2) is 250 Å². The summed E-state index contributed by atoms with van der Waals surface area (Å²) in [6, 6.07) is 14.2. The molecule has 2 aromatic heterocycles. The standard InChI is InChI=1S/C21H27N3O4S.C16H19N3O2S.C12H20N2O3.C12H22N2O2.C12H19NO3.C7H12N2O/c1-21(2,3)28-20(25)23-12-16-8-10-24(14-17(16)13-23)29(26,27)19-6-4-5-15-11-22-9-7-18(15)19;20-22(21,19-7-5-12-8-18-10-14(12)11-19)16-3-1-2-13-9-17-6-4-15(13)16;1-12(2,3)17-11(16)14-6-8-4-10(15)13-5-9(8)7-14;1-12(2,3)16-11(15)14-7-9-4-5-13-6-10(9)8-14;1-12(2,3)16-11(15)13-6-8-4-10(14)5-9(8)7-13;10-7-1-5-2-8-3-6(5)4-9-7/h4-7,9,11,16-17H,8,10,12-14H2,1-3H3;1-4,6,9,12,14,18H,5,7-8,10-11H2;8-9H,4-7H2,1-3H3,(H,13,15);9-10,13H,4-8H2,1-3H3;8-9H,4-7H2,1-3H3;5-6,8H,1-4H2,(H,9,10). The third-order valence-electron chi connectivity index (χ3n) is 22.9. The van der Waals surface area contributed by atoms with Crippen LogP contribution in [0.5, 0.6) is 0 Å². The molecule has 12 aliphatic rings. The molecule has 12 unspecified atom stereocenters. The number of hydrogen-bond acceptors (Lipinski definition) is 20. The Kier molecular flexibility index (Phi) is 26.6. The Bertz CT molecular complexity index is 4140. The summed E-state index contributed by atoms with van der Waals surface area (Å²) >= 11 is 0. The predicted octanol–water partition coefficient (Wildman–Crippen LogP) is 8.20. The molecular formula is C80H119N13O15S2. The fourth-order valence-electron chi connectivity index (χ4n) is 17.3. The minimum absolute atomic E-state index is 0.0947. The summed E-state index contributed by atoms with van der Waals surface area (Å²) in [5, 5.41) is 18.9. The van der Waals surface area contributed by atoms with Gasteiger partial charge in [-0.15, -0.1) is 0 Å².